The molecule has 2 aromatic carbocycles. The van der Waals surface area contributed by atoms with Crippen LogP contribution in [-0.2, 0) is 9.47 Å². The summed E-state index contributed by atoms with van der Waals surface area (Å²) in [7, 11) is 3.17. The second-order valence-corrected chi connectivity index (χ2v) is 7.25. The standard InChI is InChI=1S/C22H25FO5/c1-24-12-26-16-5-3-14(4-6-16)22-20-10-15(23)9-18(20)19-11-17(27-13-25-2)7-8-21(19)28-22/h3-8,11,15,18,20,22H,9-10,12-13H2,1-2H3/t15-,18+,20+,22+/m0/s1. The van der Waals surface area contributed by atoms with Gasteiger partial charge in [-0.05, 0) is 54.7 Å². The predicted octanol–water partition coefficient (Wildman–Crippen LogP) is 4.62. The minimum atomic E-state index is -0.820. The van der Waals surface area contributed by atoms with Crippen molar-refractivity contribution < 1.29 is 28.1 Å². The highest BCUT2D eigenvalue weighted by molar-refractivity contribution is 5.46. The van der Waals surface area contributed by atoms with Crippen molar-refractivity contribution in [2.24, 2.45) is 5.92 Å². The topological polar surface area (TPSA) is 46.2 Å². The molecule has 1 heterocycles. The van der Waals surface area contributed by atoms with Gasteiger partial charge in [-0.25, -0.2) is 4.39 Å². The van der Waals surface area contributed by atoms with Crippen molar-refractivity contribution >= 4 is 0 Å². The van der Waals surface area contributed by atoms with Crippen molar-refractivity contribution in [3.8, 4) is 17.2 Å². The Hall–Kier alpha value is -2.31. The molecule has 1 aliphatic carbocycles. The molecule has 1 fully saturated rings. The number of fused-ring (bicyclic) bond motifs is 3. The van der Waals surface area contributed by atoms with Crippen molar-refractivity contribution in [3.63, 3.8) is 0 Å². The van der Waals surface area contributed by atoms with Crippen molar-refractivity contribution in [1.82, 2.24) is 0 Å². The van der Waals surface area contributed by atoms with Gasteiger partial charge in [0.15, 0.2) is 13.6 Å². The molecule has 2 aliphatic rings. The molecule has 0 aromatic heterocycles. The second kappa shape index (κ2) is 8.37. The van der Waals surface area contributed by atoms with Crippen LogP contribution in [0, 0.1) is 5.92 Å². The van der Waals surface area contributed by atoms with E-state index in [9.17, 15) is 4.39 Å². The molecule has 0 amide bonds. The average molecular weight is 388 g/mol. The highest BCUT2D eigenvalue weighted by Crippen LogP contribution is 2.55. The SMILES string of the molecule is COCOc1ccc([C@H]2Oc3ccc(OCOC)cc3[C@H]3C[C@H](F)C[C@H]32)cc1. The molecule has 6 heteroatoms. The zero-order chi connectivity index (χ0) is 19.5. The first-order chi connectivity index (χ1) is 13.7. The third kappa shape index (κ3) is 3.80. The first-order valence-electron chi connectivity index (χ1n) is 9.47. The van der Waals surface area contributed by atoms with E-state index in [1.54, 1.807) is 14.2 Å². The van der Waals surface area contributed by atoms with E-state index in [1.807, 2.05) is 42.5 Å². The molecule has 28 heavy (non-hydrogen) atoms. The number of hydrogen-bond donors (Lipinski definition) is 0. The minimum Gasteiger partial charge on any atom is -0.485 e. The van der Waals surface area contributed by atoms with E-state index in [2.05, 4.69) is 0 Å². The van der Waals surface area contributed by atoms with E-state index in [-0.39, 0.29) is 31.5 Å². The summed E-state index contributed by atoms with van der Waals surface area (Å²) in [5, 5.41) is 0. The second-order valence-electron chi connectivity index (χ2n) is 7.25. The molecule has 4 atom stereocenters. The number of hydrogen-bond acceptors (Lipinski definition) is 5. The van der Waals surface area contributed by atoms with E-state index in [1.165, 1.54) is 0 Å². The molecule has 0 bridgehead atoms. The van der Waals surface area contributed by atoms with Crippen LogP contribution in [0.25, 0.3) is 0 Å². The fourth-order valence-corrected chi connectivity index (χ4v) is 4.26. The molecule has 1 saturated carbocycles. The summed E-state index contributed by atoms with van der Waals surface area (Å²) in [6.07, 6.45) is 0.0144. The number of rotatable bonds is 7. The monoisotopic (exact) mass is 388 g/mol. The molecule has 5 nitrogen and oxygen atoms in total. The molecule has 150 valence electrons. The lowest BCUT2D eigenvalue weighted by molar-refractivity contribution is 0.0502. The lowest BCUT2D eigenvalue weighted by Crippen LogP contribution is -2.26. The van der Waals surface area contributed by atoms with Gasteiger partial charge in [-0.1, -0.05) is 12.1 Å². The van der Waals surface area contributed by atoms with Crippen LogP contribution in [0.1, 0.15) is 36.0 Å². The Bertz CT molecular complexity index is 794. The van der Waals surface area contributed by atoms with Crippen LogP contribution in [0.3, 0.4) is 0 Å². The summed E-state index contributed by atoms with van der Waals surface area (Å²) in [6, 6.07) is 13.5. The van der Waals surface area contributed by atoms with Gasteiger partial charge in [-0.2, -0.15) is 0 Å². The minimum absolute atomic E-state index is 0.0888. The number of alkyl halides is 1. The van der Waals surface area contributed by atoms with Crippen molar-refractivity contribution in [2.75, 3.05) is 27.8 Å². The summed E-state index contributed by atoms with van der Waals surface area (Å²) < 4.78 is 41.6. The maximum Gasteiger partial charge on any atom is 0.188 e. The largest absolute Gasteiger partial charge is 0.485 e. The summed E-state index contributed by atoms with van der Waals surface area (Å²) in [6.45, 7) is 0.383. The molecular weight excluding hydrogens is 363 g/mol. The molecule has 0 N–H and O–H groups in total. The van der Waals surface area contributed by atoms with Crippen LogP contribution in [0.15, 0.2) is 42.5 Å². The zero-order valence-corrected chi connectivity index (χ0v) is 16.1. The fourth-order valence-electron chi connectivity index (χ4n) is 4.26. The summed E-state index contributed by atoms with van der Waals surface area (Å²) >= 11 is 0. The number of methoxy groups -OCH3 is 2. The van der Waals surface area contributed by atoms with E-state index < -0.39 is 6.17 Å². The Morgan fingerprint density at radius 3 is 2.32 bits per heavy atom. The molecular formula is C22H25FO5. The quantitative estimate of drug-likeness (QED) is 0.648. The lowest BCUT2D eigenvalue weighted by Gasteiger charge is -2.36. The molecule has 4 rings (SSSR count). The van der Waals surface area contributed by atoms with Gasteiger partial charge in [0, 0.05) is 25.7 Å². The van der Waals surface area contributed by atoms with Crippen molar-refractivity contribution in [3.05, 3.63) is 53.6 Å². The van der Waals surface area contributed by atoms with Crippen molar-refractivity contribution in [2.45, 2.75) is 31.0 Å². The van der Waals surface area contributed by atoms with Gasteiger partial charge in [0.25, 0.3) is 0 Å². The Morgan fingerprint density at radius 1 is 0.929 bits per heavy atom. The molecule has 0 spiro atoms. The molecule has 0 unspecified atom stereocenters. The molecule has 0 radical (unpaired) electrons. The van der Waals surface area contributed by atoms with E-state index in [0.717, 1.165) is 22.6 Å². The Morgan fingerprint density at radius 2 is 1.61 bits per heavy atom. The number of benzene rings is 2. The summed E-state index contributed by atoms with van der Waals surface area (Å²) in [5.74, 6) is 2.44. The van der Waals surface area contributed by atoms with Crippen LogP contribution in [-0.4, -0.2) is 34.0 Å². The van der Waals surface area contributed by atoms with Gasteiger partial charge >= 0.3 is 0 Å². The van der Waals surface area contributed by atoms with Gasteiger partial charge in [-0.3, -0.25) is 0 Å². The van der Waals surface area contributed by atoms with E-state index >= 15 is 0 Å². The normalized spacial score (nSPS) is 25.5. The Kier molecular flexibility index (Phi) is 5.69. The number of ether oxygens (including phenoxy) is 5. The van der Waals surface area contributed by atoms with Crippen molar-refractivity contribution in [1.29, 1.82) is 0 Å². The van der Waals surface area contributed by atoms with Gasteiger partial charge < -0.3 is 23.7 Å². The summed E-state index contributed by atoms with van der Waals surface area (Å²) in [4.78, 5) is 0. The molecule has 1 aliphatic heterocycles. The fraction of sp³-hybridized carbons (Fsp3) is 0.455. The highest BCUT2D eigenvalue weighted by atomic mass is 19.1. The summed E-state index contributed by atoms with van der Waals surface area (Å²) in [5.41, 5.74) is 2.05. The average Bonchev–Trinajstić information content (AvgIpc) is 3.12. The van der Waals surface area contributed by atoms with Crippen LogP contribution in [0.4, 0.5) is 4.39 Å². The predicted molar refractivity (Wildman–Crippen MR) is 102 cm³/mol. The smallest absolute Gasteiger partial charge is 0.188 e. The maximum atomic E-state index is 14.4. The van der Waals surface area contributed by atoms with Gasteiger partial charge in [0.2, 0.25) is 0 Å². The highest BCUT2D eigenvalue weighted by Gasteiger charge is 2.46. The van der Waals surface area contributed by atoms with Crippen LogP contribution >= 0.6 is 0 Å². The first kappa shape index (κ1) is 19.0. The third-order valence-corrected chi connectivity index (χ3v) is 5.47. The zero-order valence-electron chi connectivity index (χ0n) is 16.1. The Labute approximate surface area is 164 Å². The first-order valence-corrected chi connectivity index (χ1v) is 9.47. The van der Waals surface area contributed by atoms with Crippen LogP contribution < -0.4 is 14.2 Å². The number of halogens is 1. The van der Waals surface area contributed by atoms with Gasteiger partial charge in [-0.15, -0.1) is 0 Å². The van der Waals surface area contributed by atoms with E-state index in [4.69, 9.17) is 23.7 Å². The Balaban J connectivity index is 1.60. The van der Waals surface area contributed by atoms with Gasteiger partial charge in [0.05, 0.1) is 0 Å². The van der Waals surface area contributed by atoms with Gasteiger partial charge in [0.1, 0.15) is 29.5 Å². The van der Waals surface area contributed by atoms with Crippen LogP contribution in [0.2, 0.25) is 0 Å². The third-order valence-electron chi connectivity index (χ3n) is 5.47. The van der Waals surface area contributed by atoms with Crippen LogP contribution in [0.5, 0.6) is 17.2 Å². The lowest BCUT2D eigenvalue weighted by atomic mass is 9.80. The molecule has 2 aromatic rings. The molecule has 0 saturated heterocycles. The maximum absolute atomic E-state index is 14.4. The van der Waals surface area contributed by atoms with E-state index in [0.29, 0.717) is 18.6 Å².